The molecule has 0 unspecified atom stereocenters. The predicted octanol–water partition coefficient (Wildman–Crippen LogP) is 1.99. The predicted molar refractivity (Wildman–Crippen MR) is 71.8 cm³/mol. The van der Waals surface area contributed by atoms with Crippen LogP contribution in [-0.2, 0) is 11.2 Å². The van der Waals surface area contributed by atoms with Gasteiger partial charge in [-0.25, -0.2) is 0 Å². The van der Waals surface area contributed by atoms with Gasteiger partial charge in [0.15, 0.2) is 0 Å². The second-order valence-corrected chi connectivity index (χ2v) is 4.83. The summed E-state index contributed by atoms with van der Waals surface area (Å²) in [7, 11) is 0. The van der Waals surface area contributed by atoms with Crippen LogP contribution in [0.15, 0.2) is 18.2 Å². The number of anilines is 1. The Bertz CT molecular complexity index is 426. The van der Waals surface area contributed by atoms with E-state index < -0.39 is 0 Å². The minimum absolute atomic E-state index is 0.120. The first kappa shape index (κ1) is 12.9. The highest BCUT2D eigenvalue weighted by molar-refractivity contribution is 5.90. The first-order valence-corrected chi connectivity index (χ1v) is 6.47. The molecule has 1 saturated heterocycles. The van der Waals surface area contributed by atoms with Gasteiger partial charge in [-0.2, -0.15) is 0 Å². The van der Waals surface area contributed by atoms with Crippen LogP contribution >= 0.6 is 0 Å². The summed E-state index contributed by atoms with van der Waals surface area (Å²) in [5, 5.41) is 12.3. The van der Waals surface area contributed by atoms with Crippen LogP contribution in [0, 0.1) is 0 Å². The Labute approximate surface area is 108 Å². The van der Waals surface area contributed by atoms with Gasteiger partial charge in [-0.15, -0.1) is 0 Å². The summed E-state index contributed by atoms with van der Waals surface area (Å²) in [5.74, 6) is -0.0443. The number of phenolic OH excluding ortho intramolecular Hbond substituents is 1. The van der Waals surface area contributed by atoms with Crippen molar-refractivity contribution in [3.05, 3.63) is 23.8 Å². The number of benzene rings is 1. The van der Waals surface area contributed by atoms with Gasteiger partial charge in [0.2, 0.25) is 5.91 Å². The fourth-order valence-corrected chi connectivity index (χ4v) is 2.32. The number of phenols is 1. The third-order valence-electron chi connectivity index (χ3n) is 3.29. The normalized spacial score (nSPS) is 15.8. The van der Waals surface area contributed by atoms with E-state index in [1.807, 2.05) is 12.1 Å². The van der Waals surface area contributed by atoms with Crippen LogP contribution in [0.3, 0.4) is 0 Å². The quantitative estimate of drug-likeness (QED) is 0.801. The molecule has 1 amide bonds. The molecule has 0 bridgehead atoms. The van der Waals surface area contributed by atoms with E-state index in [0.717, 1.165) is 18.5 Å². The summed E-state index contributed by atoms with van der Waals surface area (Å²) >= 11 is 0. The third kappa shape index (κ3) is 3.47. The van der Waals surface area contributed by atoms with Crippen molar-refractivity contribution in [3.8, 4) is 5.75 Å². The molecular formula is C14H20N2O2. The lowest BCUT2D eigenvalue weighted by Gasteiger charge is -2.15. The SMILES string of the molecule is CC(=O)Nc1cc(CCN2CCCC2)ccc1O. The maximum absolute atomic E-state index is 11.0. The Morgan fingerprint density at radius 2 is 2.11 bits per heavy atom. The number of nitrogens with one attached hydrogen (secondary N) is 1. The molecule has 2 rings (SSSR count). The van der Waals surface area contributed by atoms with E-state index in [9.17, 15) is 9.90 Å². The number of hydrogen-bond acceptors (Lipinski definition) is 3. The number of aromatic hydroxyl groups is 1. The van der Waals surface area contributed by atoms with Crippen molar-refractivity contribution in [2.24, 2.45) is 0 Å². The molecule has 0 atom stereocenters. The summed E-state index contributed by atoms with van der Waals surface area (Å²) in [6.45, 7) is 4.87. The van der Waals surface area contributed by atoms with Gasteiger partial charge in [-0.05, 0) is 50.0 Å². The van der Waals surface area contributed by atoms with E-state index in [-0.39, 0.29) is 11.7 Å². The van der Waals surface area contributed by atoms with Crippen LogP contribution in [-0.4, -0.2) is 35.5 Å². The highest BCUT2D eigenvalue weighted by Gasteiger charge is 2.11. The smallest absolute Gasteiger partial charge is 0.221 e. The minimum atomic E-state index is -0.165. The second kappa shape index (κ2) is 5.87. The van der Waals surface area contributed by atoms with Gasteiger partial charge in [-0.1, -0.05) is 6.07 Å². The number of nitrogens with zero attached hydrogens (tertiary/aromatic N) is 1. The van der Waals surface area contributed by atoms with Crippen molar-refractivity contribution < 1.29 is 9.90 Å². The fraction of sp³-hybridized carbons (Fsp3) is 0.500. The van der Waals surface area contributed by atoms with Gasteiger partial charge in [0.25, 0.3) is 0 Å². The Morgan fingerprint density at radius 1 is 1.39 bits per heavy atom. The summed E-state index contributed by atoms with van der Waals surface area (Å²) in [5.41, 5.74) is 1.64. The Kier molecular flexibility index (Phi) is 4.20. The molecule has 18 heavy (non-hydrogen) atoms. The van der Waals surface area contributed by atoms with E-state index in [1.54, 1.807) is 6.07 Å². The summed E-state index contributed by atoms with van der Waals surface area (Å²) in [6, 6.07) is 5.41. The zero-order chi connectivity index (χ0) is 13.0. The first-order chi connectivity index (χ1) is 8.65. The second-order valence-electron chi connectivity index (χ2n) is 4.83. The first-order valence-electron chi connectivity index (χ1n) is 6.47. The molecule has 1 aromatic carbocycles. The van der Waals surface area contributed by atoms with Gasteiger partial charge in [0.1, 0.15) is 5.75 Å². The van der Waals surface area contributed by atoms with E-state index in [2.05, 4.69) is 10.2 Å². The molecule has 4 heteroatoms. The third-order valence-corrected chi connectivity index (χ3v) is 3.29. The van der Waals surface area contributed by atoms with Gasteiger partial charge in [-0.3, -0.25) is 4.79 Å². The Balaban J connectivity index is 1.97. The number of likely N-dealkylation sites (tertiary alicyclic amines) is 1. The van der Waals surface area contributed by atoms with E-state index in [4.69, 9.17) is 0 Å². The molecule has 1 fully saturated rings. The van der Waals surface area contributed by atoms with Crippen molar-refractivity contribution in [2.45, 2.75) is 26.2 Å². The lowest BCUT2D eigenvalue weighted by atomic mass is 10.1. The van der Waals surface area contributed by atoms with Crippen LogP contribution in [0.4, 0.5) is 5.69 Å². The molecule has 1 aliphatic rings. The molecule has 0 aliphatic carbocycles. The summed E-state index contributed by atoms with van der Waals surface area (Å²) < 4.78 is 0. The van der Waals surface area contributed by atoms with Gasteiger partial charge < -0.3 is 15.3 Å². The maximum atomic E-state index is 11.0. The number of hydrogen-bond donors (Lipinski definition) is 2. The van der Waals surface area contributed by atoms with Crippen LogP contribution in [0.2, 0.25) is 0 Å². The summed E-state index contributed by atoms with van der Waals surface area (Å²) in [6.07, 6.45) is 3.55. The van der Waals surface area contributed by atoms with E-state index in [1.165, 1.54) is 32.9 Å². The van der Waals surface area contributed by atoms with Crippen LogP contribution in [0.1, 0.15) is 25.3 Å². The lowest BCUT2D eigenvalue weighted by Crippen LogP contribution is -2.21. The molecule has 1 aliphatic heterocycles. The van der Waals surface area contributed by atoms with Crippen molar-refractivity contribution in [1.29, 1.82) is 0 Å². The molecule has 0 saturated carbocycles. The van der Waals surface area contributed by atoms with E-state index in [0.29, 0.717) is 5.69 Å². The van der Waals surface area contributed by atoms with Crippen LogP contribution in [0.25, 0.3) is 0 Å². The van der Waals surface area contributed by atoms with Crippen LogP contribution < -0.4 is 5.32 Å². The van der Waals surface area contributed by atoms with Gasteiger partial charge >= 0.3 is 0 Å². The highest BCUT2D eigenvalue weighted by Crippen LogP contribution is 2.24. The molecule has 1 heterocycles. The molecule has 1 aromatic rings. The highest BCUT2D eigenvalue weighted by atomic mass is 16.3. The van der Waals surface area contributed by atoms with Crippen molar-refractivity contribution in [2.75, 3.05) is 25.0 Å². The topological polar surface area (TPSA) is 52.6 Å². The molecule has 0 radical (unpaired) electrons. The monoisotopic (exact) mass is 248 g/mol. The molecule has 98 valence electrons. The van der Waals surface area contributed by atoms with Gasteiger partial charge in [0, 0.05) is 13.5 Å². The van der Waals surface area contributed by atoms with E-state index >= 15 is 0 Å². The molecular weight excluding hydrogens is 228 g/mol. The molecule has 4 nitrogen and oxygen atoms in total. The average molecular weight is 248 g/mol. The Hall–Kier alpha value is -1.55. The summed E-state index contributed by atoms with van der Waals surface area (Å²) in [4.78, 5) is 13.5. The number of carbonyl (C=O) groups is 1. The largest absolute Gasteiger partial charge is 0.506 e. The number of carbonyl (C=O) groups excluding carboxylic acids is 1. The molecule has 0 spiro atoms. The molecule has 2 N–H and O–H groups in total. The van der Waals surface area contributed by atoms with Crippen molar-refractivity contribution in [1.82, 2.24) is 4.90 Å². The maximum Gasteiger partial charge on any atom is 0.221 e. The fourth-order valence-electron chi connectivity index (χ4n) is 2.32. The average Bonchev–Trinajstić information content (AvgIpc) is 2.82. The van der Waals surface area contributed by atoms with Gasteiger partial charge in [0.05, 0.1) is 5.69 Å². The van der Waals surface area contributed by atoms with Crippen molar-refractivity contribution in [3.63, 3.8) is 0 Å². The molecule has 0 aromatic heterocycles. The zero-order valence-corrected chi connectivity index (χ0v) is 10.8. The zero-order valence-electron chi connectivity index (χ0n) is 10.8. The standard InChI is InChI=1S/C14H20N2O2/c1-11(17)15-13-10-12(4-5-14(13)18)6-9-16-7-2-3-8-16/h4-5,10,18H,2-3,6-9H2,1H3,(H,15,17). The van der Waals surface area contributed by atoms with Crippen molar-refractivity contribution >= 4 is 11.6 Å². The number of rotatable bonds is 4. The van der Waals surface area contributed by atoms with Crippen LogP contribution in [0.5, 0.6) is 5.75 Å². The number of amides is 1. The lowest BCUT2D eigenvalue weighted by molar-refractivity contribution is -0.114. The Morgan fingerprint density at radius 3 is 2.78 bits per heavy atom. The minimum Gasteiger partial charge on any atom is -0.506 e.